The van der Waals surface area contributed by atoms with Crippen LogP contribution in [-0.4, -0.2) is 56.3 Å². The Morgan fingerprint density at radius 3 is 2.39 bits per heavy atom. The molecular formula is C30H34F3N3O5. The minimum Gasteiger partial charge on any atom is -0.489 e. The van der Waals surface area contributed by atoms with Crippen molar-refractivity contribution < 1.29 is 37.7 Å². The number of aryl methyl sites for hydroxylation is 3. The van der Waals surface area contributed by atoms with Gasteiger partial charge in [-0.3, -0.25) is 9.69 Å². The average molecular weight is 574 g/mol. The molecule has 1 atom stereocenters. The van der Waals surface area contributed by atoms with Gasteiger partial charge < -0.3 is 14.9 Å². The number of nitrogens with zero attached hydrogens (tertiary/aromatic N) is 3. The largest absolute Gasteiger partial charge is 0.490 e. The van der Waals surface area contributed by atoms with E-state index >= 15 is 0 Å². The molecule has 220 valence electrons. The van der Waals surface area contributed by atoms with Crippen molar-refractivity contribution in [3.8, 4) is 17.1 Å². The predicted octanol–water partition coefficient (Wildman–Crippen LogP) is 5.75. The molecule has 8 nitrogen and oxygen atoms in total. The topological polar surface area (TPSA) is 113 Å². The maximum Gasteiger partial charge on any atom is 0.490 e. The lowest BCUT2D eigenvalue weighted by atomic mass is 10.0. The molecule has 11 heteroatoms. The third kappa shape index (κ3) is 9.28. The third-order valence-corrected chi connectivity index (χ3v) is 6.66. The van der Waals surface area contributed by atoms with E-state index in [-0.39, 0.29) is 12.3 Å². The smallest absolute Gasteiger partial charge is 0.489 e. The number of hydrogen-bond donors (Lipinski definition) is 2. The van der Waals surface area contributed by atoms with Crippen molar-refractivity contribution in [2.75, 3.05) is 13.1 Å². The molecule has 2 aromatic carbocycles. The number of halogens is 3. The highest BCUT2D eigenvalue weighted by atomic mass is 19.4. The normalized spacial score (nSPS) is 13.9. The summed E-state index contributed by atoms with van der Waals surface area (Å²) in [5.41, 5.74) is 7.94. The van der Waals surface area contributed by atoms with Gasteiger partial charge in [-0.1, -0.05) is 30.7 Å². The van der Waals surface area contributed by atoms with Crippen molar-refractivity contribution in [1.29, 1.82) is 0 Å². The van der Waals surface area contributed by atoms with E-state index in [0.29, 0.717) is 6.61 Å². The molecule has 0 spiro atoms. The lowest BCUT2D eigenvalue weighted by Gasteiger charge is -2.29. The quantitative estimate of drug-likeness (QED) is 0.350. The lowest BCUT2D eigenvalue weighted by Crippen LogP contribution is -2.35. The first-order valence-corrected chi connectivity index (χ1v) is 13.1. The summed E-state index contributed by atoms with van der Waals surface area (Å²) in [4.78, 5) is 31.6. The molecule has 0 radical (unpaired) electrons. The fourth-order valence-corrected chi connectivity index (χ4v) is 4.59. The number of carbonyl (C=O) groups is 2. The second-order valence-corrected chi connectivity index (χ2v) is 10.4. The van der Waals surface area contributed by atoms with Crippen LogP contribution in [0.3, 0.4) is 0 Å². The van der Waals surface area contributed by atoms with Crippen LogP contribution in [0.15, 0.2) is 42.6 Å². The fraction of sp³-hybridized carbons (Fsp3) is 0.400. The Labute approximate surface area is 236 Å². The molecule has 1 aliphatic heterocycles. The molecule has 1 aromatic heterocycles. The van der Waals surface area contributed by atoms with Crippen LogP contribution in [0.25, 0.3) is 11.4 Å². The Bertz CT molecular complexity index is 1390. The number of ether oxygens (including phenoxy) is 1. The monoisotopic (exact) mass is 573 g/mol. The molecule has 0 bridgehead atoms. The average Bonchev–Trinajstić information content (AvgIpc) is 2.88. The van der Waals surface area contributed by atoms with Gasteiger partial charge >= 0.3 is 18.1 Å². The highest BCUT2D eigenvalue weighted by Gasteiger charge is 2.38. The number of carboxylic acids is 2. The number of alkyl halides is 3. The van der Waals surface area contributed by atoms with E-state index in [0.717, 1.165) is 60.0 Å². The Hall–Kier alpha value is -3.99. The number of aliphatic carboxylic acids is 2. The summed E-state index contributed by atoms with van der Waals surface area (Å²) >= 11 is 0. The number of benzene rings is 2. The Morgan fingerprint density at radius 1 is 1.07 bits per heavy atom. The van der Waals surface area contributed by atoms with Gasteiger partial charge in [-0.05, 0) is 61.6 Å². The maximum atomic E-state index is 10.9. The van der Waals surface area contributed by atoms with Gasteiger partial charge in [0.2, 0.25) is 0 Å². The lowest BCUT2D eigenvalue weighted by molar-refractivity contribution is -0.192. The molecule has 0 aliphatic carbocycles. The van der Waals surface area contributed by atoms with Crippen LogP contribution < -0.4 is 4.74 Å². The standard InChI is InChI=1S/C28H33N3O3.C2HF3O2/c1-18-5-6-23(20(3)11-18)17-34-26-8-7-22(13-21(26)4)28-29-14-24-16-31(10-9-25(24)30-28)15-19(2)12-27(32)33;3-2(4,5)1(6)7/h5-8,11,13-14,19H,9-10,12,15-17H2,1-4H3,(H,32,33);(H,6,7). The van der Waals surface area contributed by atoms with Crippen LogP contribution in [0.2, 0.25) is 0 Å². The van der Waals surface area contributed by atoms with E-state index in [1.807, 2.05) is 25.3 Å². The molecule has 1 unspecified atom stereocenters. The van der Waals surface area contributed by atoms with Crippen molar-refractivity contribution in [3.05, 3.63) is 76.1 Å². The van der Waals surface area contributed by atoms with E-state index in [1.165, 1.54) is 16.7 Å². The van der Waals surface area contributed by atoms with Crippen molar-refractivity contribution in [1.82, 2.24) is 14.9 Å². The molecule has 1 aliphatic rings. The van der Waals surface area contributed by atoms with Crippen molar-refractivity contribution in [2.45, 2.75) is 59.9 Å². The first-order valence-electron chi connectivity index (χ1n) is 13.1. The summed E-state index contributed by atoms with van der Waals surface area (Å²) < 4.78 is 37.8. The number of aromatic nitrogens is 2. The zero-order chi connectivity index (χ0) is 30.3. The van der Waals surface area contributed by atoms with Crippen LogP contribution in [-0.2, 0) is 29.2 Å². The minimum atomic E-state index is -5.08. The summed E-state index contributed by atoms with van der Waals surface area (Å²) in [6.45, 7) is 11.2. The van der Waals surface area contributed by atoms with Crippen LogP contribution in [0, 0.1) is 26.7 Å². The SMILES string of the molecule is Cc1ccc(COc2ccc(-c3ncc4c(n3)CCN(CC(C)CC(=O)O)C4)cc2C)c(C)c1.O=C(O)C(F)(F)F. The molecule has 0 fully saturated rings. The van der Waals surface area contributed by atoms with Gasteiger partial charge in [0.15, 0.2) is 5.82 Å². The summed E-state index contributed by atoms with van der Waals surface area (Å²) in [5, 5.41) is 16.1. The van der Waals surface area contributed by atoms with Gasteiger partial charge in [0.25, 0.3) is 0 Å². The van der Waals surface area contributed by atoms with E-state index in [2.05, 4.69) is 54.9 Å². The minimum absolute atomic E-state index is 0.123. The summed E-state index contributed by atoms with van der Waals surface area (Å²) in [6.07, 6.45) is -2.12. The van der Waals surface area contributed by atoms with Gasteiger partial charge in [-0.25, -0.2) is 14.8 Å². The first kappa shape index (κ1) is 31.5. The predicted molar refractivity (Wildman–Crippen MR) is 147 cm³/mol. The van der Waals surface area contributed by atoms with Crippen LogP contribution >= 0.6 is 0 Å². The second-order valence-electron chi connectivity index (χ2n) is 10.4. The molecule has 2 heterocycles. The van der Waals surface area contributed by atoms with E-state index in [1.54, 1.807) is 0 Å². The molecule has 0 saturated carbocycles. The third-order valence-electron chi connectivity index (χ3n) is 6.66. The molecule has 0 amide bonds. The molecule has 0 saturated heterocycles. The van der Waals surface area contributed by atoms with E-state index in [9.17, 15) is 18.0 Å². The zero-order valence-corrected chi connectivity index (χ0v) is 23.5. The van der Waals surface area contributed by atoms with Crippen molar-refractivity contribution >= 4 is 11.9 Å². The molecule has 3 aromatic rings. The Kier molecular flexibility index (Phi) is 10.4. The maximum absolute atomic E-state index is 10.9. The Balaban J connectivity index is 0.000000587. The van der Waals surface area contributed by atoms with Gasteiger partial charge in [0, 0.05) is 49.8 Å². The molecule has 2 N–H and O–H groups in total. The van der Waals surface area contributed by atoms with Crippen LogP contribution in [0.5, 0.6) is 5.75 Å². The molecular weight excluding hydrogens is 539 g/mol. The van der Waals surface area contributed by atoms with Gasteiger partial charge in [-0.2, -0.15) is 13.2 Å². The highest BCUT2D eigenvalue weighted by Crippen LogP contribution is 2.27. The first-order chi connectivity index (χ1) is 19.2. The van der Waals surface area contributed by atoms with Crippen molar-refractivity contribution in [3.63, 3.8) is 0 Å². The number of hydrogen-bond acceptors (Lipinski definition) is 6. The summed E-state index contributed by atoms with van der Waals surface area (Å²) in [5.74, 6) is -1.77. The number of carboxylic acid groups (broad SMARTS) is 2. The van der Waals surface area contributed by atoms with E-state index in [4.69, 9.17) is 24.7 Å². The highest BCUT2D eigenvalue weighted by molar-refractivity contribution is 5.73. The number of fused-ring (bicyclic) bond motifs is 1. The number of rotatable bonds is 8. The van der Waals surface area contributed by atoms with Gasteiger partial charge in [0.1, 0.15) is 12.4 Å². The second kappa shape index (κ2) is 13.6. The Morgan fingerprint density at radius 2 is 1.78 bits per heavy atom. The zero-order valence-electron chi connectivity index (χ0n) is 23.5. The summed E-state index contributed by atoms with van der Waals surface area (Å²) in [6, 6.07) is 12.5. The van der Waals surface area contributed by atoms with Crippen molar-refractivity contribution in [2.24, 2.45) is 5.92 Å². The van der Waals surface area contributed by atoms with E-state index < -0.39 is 18.1 Å². The van der Waals surface area contributed by atoms with Crippen LogP contribution in [0.4, 0.5) is 13.2 Å². The summed E-state index contributed by atoms with van der Waals surface area (Å²) in [7, 11) is 0. The van der Waals surface area contributed by atoms with Gasteiger partial charge in [-0.15, -0.1) is 0 Å². The van der Waals surface area contributed by atoms with Gasteiger partial charge in [0.05, 0.1) is 5.69 Å². The molecule has 41 heavy (non-hydrogen) atoms. The molecule has 4 rings (SSSR count). The fourth-order valence-electron chi connectivity index (χ4n) is 4.59. The van der Waals surface area contributed by atoms with Crippen LogP contribution in [0.1, 0.15) is 46.9 Å².